The highest BCUT2D eigenvalue weighted by atomic mass is 16.5. The summed E-state index contributed by atoms with van der Waals surface area (Å²) >= 11 is 0. The first-order valence-electron chi connectivity index (χ1n) is 10.7. The fraction of sp³-hybridized carbons (Fsp3) is 0.826. The van der Waals surface area contributed by atoms with E-state index in [4.69, 9.17) is 4.74 Å². The lowest BCUT2D eigenvalue weighted by Gasteiger charge is -2.60. The average molecular weight is 375 g/mol. The third kappa shape index (κ3) is 2.58. The van der Waals surface area contributed by atoms with E-state index in [0.29, 0.717) is 24.2 Å². The van der Waals surface area contributed by atoms with Crippen molar-refractivity contribution in [1.82, 2.24) is 0 Å². The summed E-state index contributed by atoms with van der Waals surface area (Å²) in [5.41, 5.74) is 1.18. The van der Waals surface area contributed by atoms with Gasteiger partial charge in [-0.15, -0.1) is 0 Å². The minimum atomic E-state index is -0.392. The van der Waals surface area contributed by atoms with Gasteiger partial charge in [0.2, 0.25) is 0 Å². The summed E-state index contributed by atoms with van der Waals surface area (Å²) in [4.78, 5) is 24.2. The molecule has 0 radical (unpaired) electrons. The van der Waals surface area contributed by atoms with E-state index in [2.05, 4.69) is 13.8 Å². The molecule has 3 fully saturated rings. The molecule has 8 atom stereocenters. The zero-order valence-corrected chi connectivity index (χ0v) is 17.2. The second-order valence-electron chi connectivity index (χ2n) is 10.1. The molecule has 4 heteroatoms. The number of aliphatic hydroxyl groups excluding tert-OH is 1. The molecule has 150 valence electrons. The first-order chi connectivity index (χ1) is 12.7. The molecule has 0 amide bonds. The van der Waals surface area contributed by atoms with E-state index in [1.807, 2.05) is 13.0 Å². The SMILES string of the molecule is COC(=O)C(C)[C@H]1CC[C@H]2[C@@H]3CCC4=CC(=O)CC[C@]4(C)[C@H]3C[C@H](O)[C@]12C. The summed E-state index contributed by atoms with van der Waals surface area (Å²) in [5.74, 6) is 1.63. The Kier molecular flexibility index (Phi) is 4.57. The molecule has 0 spiro atoms. The Bertz CT molecular complexity index is 682. The summed E-state index contributed by atoms with van der Waals surface area (Å²) in [6, 6.07) is 0. The molecule has 1 unspecified atom stereocenters. The molecule has 4 rings (SSSR count). The van der Waals surface area contributed by atoms with Gasteiger partial charge in [0.05, 0.1) is 19.1 Å². The van der Waals surface area contributed by atoms with E-state index in [-0.39, 0.29) is 34.4 Å². The average Bonchev–Trinajstić information content (AvgIpc) is 3.01. The van der Waals surface area contributed by atoms with Crippen molar-refractivity contribution in [3.63, 3.8) is 0 Å². The summed E-state index contributed by atoms with van der Waals surface area (Å²) < 4.78 is 5.03. The van der Waals surface area contributed by atoms with Crippen molar-refractivity contribution in [3.05, 3.63) is 11.6 Å². The van der Waals surface area contributed by atoms with Crippen LogP contribution in [0.4, 0.5) is 0 Å². The van der Waals surface area contributed by atoms with Crippen molar-refractivity contribution in [1.29, 1.82) is 0 Å². The molecule has 27 heavy (non-hydrogen) atoms. The Morgan fingerprint density at radius 1 is 1.22 bits per heavy atom. The van der Waals surface area contributed by atoms with Gasteiger partial charge in [-0.05, 0) is 73.7 Å². The molecule has 1 N–H and O–H groups in total. The lowest BCUT2D eigenvalue weighted by Crippen LogP contribution is -2.57. The zero-order chi connectivity index (χ0) is 19.6. The number of hydrogen-bond acceptors (Lipinski definition) is 4. The normalized spacial score (nSPS) is 47.4. The minimum Gasteiger partial charge on any atom is -0.469 e. The molecular weight excluding hydrogens is 340 g/mol. The van der Waals surface area contributed by atoms with Crippen LogP contribution in [0.15, 0.2) is 11.6 Å². The van der Waals surface area contributed by atoms with Gasteiger partial charge in [-0.1, -0.05) is 26.3 Å². The Labute approximate surface area is 162 Å². The van der Waals surface area contributed by atoms with Crippen LogP contribution < -0.4 is 0 Å². The summed E-state index contributed by atoms with van der Waals surface area (Å²) in [6.45, 7) is 6.54. The number of aliphatic hydroxyl groups is 1. The van der Waals surface area contributed by atoms with Crippen LogP contribution in [-0.4, -0.2) is 30.1 Å². The number of hydrogen-bond donors (Lipinski definition) is 1. The third-order valence-corrected chi connectivity index (χ3v) is 9.32. The van der Waals surface area contributed by atoms with Crippen molar-refractivity contribution in [3.8, 4) is 0 Å². The smallest absolute Gasteiger partial charge is 0.308 e. The minimum absolute atomic E-state index is 0.0607. The number of ketones is 1. The molecule has 0 aromatic heterocycles. The number of allylic oxidation sites excluding steroid dienone is 1. The largest absolute Gasteiger partial charge is 0.469 e. The number of rotatable bonds is 2. The molecule has 0 aromatic rings. The summed E-state index contributed by atoms with van der Waals surface area (Å²) in [6.07, 6.45) is 8.11. The first kappa shape index (κ1) is 19.2. The highest BCUT2D eigenvalue weighted by Gasteiger charge is 2.63. The molecule has 0 heterocycles. The van der Waals surface area contributed by atoms with Crippen LogP contribution in [-0.2, 0) is 14.3 Å². The van der Waals surface area contributed by atoms with Gasteiger partial charge in [-0.25, -0.2) is 0 Å². The number of esters is 1. The quantitative estimate of drug-likeness (QED) is 0.744. The van der Waals surface area contributed by atoms with Crippen molar-refractivity contribution < 1.29 is 19.4 Å². The van der Waals surface area contributed by atoms with E-state index in [1.165, 1.54) is 12.7 Å². The molecule has 0 bridgehead atoms. The van der Waals surface area contributed by atoms with Crippen LogP contribution in [0.5, 0.6) is 0 Å². The molecular formula is C23H34O4. The fourth-order valence-electron chi connectivity index (χ4n) is 7.73. The van der Waals surface area contributed by atoms with Crippen molar-refractivity contribution in [2.24, 2.45) is 40.4 Å². The van der Waals surface area contributed by atoms with E-state index in [0.717, 1.165) is 38.5 Å². The molecule has 3 saturated carbocycles. The number of ether oxygens (including phenoxy) is 1. The topological polar surface area (TPSA) is 63.6 Å². The maximum Gasteiger partial charge on any atom is 0.308 e. The van der Waals surface area contributed by atoms with Crippen molar-refractivity contribution in [2.75, 3.05) is 7.11 Å². The van der Waals surface area contributed by atoms with Gasteiger partial charge in [-0.2, -0.15) is 0 Å². The lowest BCUT2D eigenvalue weighted by atomic mass is 9.45. The van der Waals surface area contributed by atoms with E-state index in [9.17, 15) is 14.7 Å². The predicted molar refractivity (Wildman–Crippen MR) is 103 cm³/mol. The van der Waals surface area contributed by atoms with Crippen LogP contribution in [0, 0.1) is 40.4 Å². The highest BCUT2D eigenvalue weighted by molar-refractivity contribution is 5.91. The third-order valence-electron chi connectivity index (χ3n) is 9.32. The zero-order valence-electron chi connectivity index (χ0n) is 17.2. The second kappa shape index (κ2) is 6.43. The van der Waals surface area contributed by atoms with Crippen LogP contribution in [0.2, 0.25) is 0 Å². The molecule has 4 aliphatic carbocycles. The maximum absolute atomic E-state index is 12.2. The van der Waals surface area contributed by atoms with Crippen LogP contribution in [0.1, 0.15) is 65.7 Å². The van der Waals surface area contributed by atoms with Crippen molar-refractivity contribution >= 4 is 11.8 Å². The fourth-order valence-corrected chi connectivity index (χ4v) is 7.73. The van der Waals surface area contributed by atoms with E-state index >= 15 is 0 Å². The summed E-state index contributed by atoms with van der Waals surface area (Å²) in [7, 11) is 1.46. The maximum atomic E-state index is 12.2. The number of methoxy groups -OCH3 is 1. The molecule has 0 aromatic carbocycles. The van der Waals surface area contributed by atoms with Gasteiger partial charge >= 0.3 is 5.97 Å². The number of carbonyl (C=O) groups is 2. The highest BCUT2D eigenvalue weighted by Crippen LogP contribution is 2.67. The van der Waals surface area contributed by atoms with Gasteiger partial charge in [-0.3, -0.25) is 9.59 Å². The summed E-state index contributed by atoms with van der Waals surface area (Å²) in [5, 5.41) is 11.4. The van der Waals surface area contributed by atoms with E-state index < -0.39 is 6.10 Å². The Hall–Kier alpha value is -1.16. The molecule has 4 nitrogen and oxygen atoms in total. The Balaban J connectivity index is 1.67. The lowest BCUT2D eigenvalue weighted by molar-refractivity contribution is -0.160. The van der Waals surface area contributed by atoms with Crippen molar-refractivity contribution in [2.45, 2.75) is 71.8 Å². The standard InChI is InChI=1S/C23H34O4/c1-13(21(26)27-4)17-7-8-18-16-6-5-14-11-15(24)9-10-22(14,2)19(16)12-20(25)23(17,18)3/h11,13,16-20,25H,5-10,12H2,1-4H3/t13?,16-,17+,18-,19-,20-,22-,23+/m0/s1. The van der Waals surface area contributed by atoms with Crippen LogP contribution >= 0.6 is 0 Å². The van der Waals surface area contributed by atoms with Crippen LogP contribution in [0.25, 0.3) is 0 Å². The first-order valence-corrected chi connectivity index (χ1v) is 10.7. The molecule has 4 aliphatic rings. The number of carbonyl (C=O) groups excluding carboxylic acids is 2. The molecule has 0 saturated heterocycles. The predicted octanol–water partition coefficient (Wildman–Crippen LogP) is 3.91. The Morgan fingerprint density at radius 3 is 2.67 bits per heavy atom. The van der Waals surface area contributed by atoms with Gasteiger partial charge in [0, 0.05) is 11.8 Å². The monoisotopic (exact) mass is 374 g/mol. The number of fused-ring (bicyclic) bond motifs is 5. The van der Waals surface area contributed by atoms with Gasteiger partial charge in [0.25, 0.3) is 0 Å². The molecule has 0 aliphatic heterocycles. The van der Waals surface area contributed by atoms with Gasteiger partial charge in [0.15, 0.2) is 5.78 Å². The van der Waals surface area contributed by atoms with Crippen LogP contribution in [0.3, 0.4) is 0 Å². The van der Waals surface area contributed by atoms with Gasteiger partial charge < -0.3 is 9.84 Å². The Morgan fingerprint density at radius 2 is 1.96 bits per heavy atom. The van der Waals surface area contributed by atoms with Gasteiger partial charge in [0.1, 0.15) is 0 Å². The van der Waals surface area contributed by atoms with E-state index in [1.54, 1.807) is 0 Å². The second-order valence-corrected chi connectivity index (χ2v) is 10.1.